The van der Waals surface area contributed by atoms with Crippen LogP contribution in [-0.4, -0.2) is 29.8 Å². The molecule has 2 rings (SSSR count). The first-order chi connectivity index (χ1) is 9.68. The van der Waals surface area contributed by atoms with E-state index in [0.717, 1.165) is 31.2 Å². The summed E-state index contributed by atoms with van der Waals surface area (Å²) in [5.41, 5.74) is 1.00. The van der Waals surface area contributed by atoms with Crippen molar-refractivity contribution in [2.75, 3.05) is 13.1 Å². The zero-order valence-electron chi connectivity index (χ0n) is 12.0. The third kappa shape index (κ3) is 3.83. The Morgan fingerprint density at radius 2 is 1.65 bits per heavy atom. The summed E-state index contributed by atoms with van der Waals surface area (Å²) in [7, 11) is 0. The second-order valence-electron chi connectivity index (χ2n) is 5.31. The average molecular weight is 274 g/mol. The Labute approximate surface area is 120 Å². The van der Waals surface area contributed by atoms with Gasteiger partial charge in [0, 0.05) is 13.1 Å². The number of rotatable bonds is 2. The second kappa shape index (κ2) is 7.08. The van der Waals surface area contributed by atoms with Crippen LogP contribution in [-0.2, 0) is 9.59 Å². The molecule has 0 aromatic heterocycles. The van der Waals surface area contributed by atoms with E-state index in [1.807, 2.05) is 37.3 Å². The van der Waals surface area contributed by atoms with Crippen molar-refractivity contribution >= 4 is 11.8 Å². The molecule has 1 unspecified atom stereocenters. The van der Waals surface area contributed by atoms with E-state index in [4.69, 9.17) is 0 Å². The Balaban J connectivity index is 1.92. The van der Waals surface area contributed by atoms with Crippen molar-refractivity contribution in [3.05, 3.63) is 35.9 Å². The molecule has 1 aliphatic rings. The van der Waals surface area contributed by atoms with E-state index < -0.39 is 11.8 Å². The third-order valence-corrected chi connectivity index (χ3v) is 3.73. The number of likely N-dealkylation sites (tertiary alicyclic amines) is 1. The van der Waals surface area contributed by atoms with Gasteiger partial charge in [0.15, 0.2) is 0 Å². The molecule has 1 N–H and O–H groups in total. The van der Waals surface area contributed by atoms with Crippen molar-refractivity contribution in [2.45, 2.75) is 38.6 Å². The minimum atomic E-state index is -0.497. The van der Waals surface area contributed by atoms with Crippen molar-refractivity contribution in [3.63, 3.8) is 0 Å². The zero-order valence-corrected chi connectivity index (χ0v) is 12.0. The first-order valence-corrected chi connectivity index (χ1v) is 7.33. The van der Waals surface area contributed by atoms with Crippen molar-refractivity contribution in [1.29, 1.82) is 0 Å². The van der Waals surface area contributed by atoms with E-state index in [2.05, 4.69) is 5.32 Å². The molecule has 1 atom stereocenters. The van der Waals surface area contributed by atoms with Crippen LogP contribution >= 0.6 is 0 Å². The first-order valence-electron chi connectivity index (χ1n) is 7.33. The van der Waals surface area contributed by atoms with Gasteiger partial charge in [-0.15, -0.1) is 0 Å². The van der Waals surface area contributed by atoms with Crippen molar-refractivity contribution in [1.82, 2.24) is 10.2 Å². The minimum Gasteiger partial charge on any atom is -0.341 e. The maximum absolute atomic E-state index is 12.1. The van der Waals surface area contributed by atoms with Crippen molar-refractivity contribution in [3.8, 4) is 0 Å². The van der Waals surface area contributed by atoms with E-state index in [0.29, 0.717) is 13.1 Å². The van der Waals surface area contributed by atoms with Gasteiger partial charge in [0.2, 0.25) is 0 Å². The van der Waals surface area contributed by atoms with Gasteiger partial charge in [-0.25, -0.2) is 0 Å². The predicted octanol–water partition coefficient (Wildman–Crippen LogP) is 2.27. The highest BCUT2D eigenvalue weighted by atomic mass is 16.2. The molecule has 1 fully saturated rings. The zero-order chi connectivity index (χ0) is 14.4. The molecule has 0 radical (unpaired) electrons. The highest BCUT2D eigenvalue weighted by molar-refractivity contribution is 6.35. The SMILES string of the molecule is CC(NC(=O)C(=O)N1CCCCCC1)c1ccccc1. The maximum atomic E-state index is 12.1. The summed E-state index contributed by atoms with van der Waals surface area (Å²) >= 11 is 0. The fourth-order valence-corrected chi connectivity index (χ4v) is 2.50. The largest absolute Gasteiger partial charge is 0.341 e. The summed E-state index contributed by atoms with van der Waals surface area (Å²) in [6.45, 7) is 3.29. The van der Waals surface area contributed by atoms with Crippen LogP contribution in [0.4, 0.5) is 0 Å². The first kappa shape index (κ1) is 14.6. The van der Waals surface area contributed by atoms with Crippen LogP contribution in [0, 0.1) is 0 Å². The van der Waals surface area contributed by atoms with Gasteiger partial charge in [0.25, 0.3) is 0 Å². The molecular weight excluding hydrogens is 252 g/mol. The minimum absolute atomic E-state index is 0.153. The monoisotopic (exact) mass is 274 g/mol. The number of hydrogen-bond donors (Lipinski definition) is 1. The lowest BCUT2D eigenvalue weighted by Gasteiger charge is -2.21. The van der Waals surface area contributed by atoms with Crippen LogP contribution in [0.3, 0.4) is 0 Å². The number of nitrogens with zero attached hydrogens (tertiary/aromatic N) is 1. The van der Waals surface area contributed by atoms with Gasteiger partial charge in [-0.05, 0) is 25.3 Å². The van der Waals surface area contributed by atoms with Gasteiger partial charge in [-0.1, -0.05) is 43.2 Å². The van der Waals surface area contributed by atoms with E-state index in [-0.39, 0.29) is 6.04 Å². The Morgan fingerprint density at radius 1 is 1.05 bits per heavy atom. The van der Waals surface area contributed by atoms with Crippen LogP contribution in [0.15, 0.2) is 30.3 Å². The second-order valence-corrected chi connectivity index (χ2v) is 5.31. The Kier molecular flexibility index (Phi) is 5.16. The smallest absolute Gasteiger partial charge is 0.311 e. The highest BCUT2D eigenvalue weighted by Gasteiger charge is 2.23. The van der Waals surface area contributed by atoms with E-state index in [1.54, 1.807) is 4.90 Å². The molecule has 4 heteroatoms. The summed E-state index contributed by atoms with van der Waals surface area (Å²) in [6, 6.07) is 9.52. The van der Waals surface area contributed by atoms with Gasteiger partial charge in [-0.2, -0.15) is 0 Å². The fraction of sp³-hybridized carbons (Fsp3) is 0.500. The van der Waals surface area contributed by atoms with Crippen LogP contribution in [0.25, 0.3) is 0 Å². The van der Waals surface area contributed by atoms with Crippen LogP contribution < -0.4 is 5.32 Å². The topological polar surface area (TPSA) is 49.4 Å². The van der Waals surface area contributed by atoms with Crippen LogP contribution in [0.5, 0.6) is 0 Å². The molecule has 1 aliphatic heterocycles. The van der Waals surface area contributed by atoms with Crippen LogP contribution in [0.1, 0.15) is 44.2 Å². The van der Waals surface area contributed by atoms with Crippen molar-refractivity contribution < 1.29 is 9.59 Å². The molecule has 1 heterocycles. The van der Waals surface area contributed by atoms with Gasteiger partial charge < -0.3 is 10.2 Å². The summed E-state index contributed by atoms with van der Waals surface area (Å²) in [6.07, 6.45) is 4.28. The van der Waals surface area contributed by atoms with E-state index in [9.17, 15) is 9.59 Å². The number of carbonyl (C=O) groups excluding carboxylic acids is 2. The summed E-state index contributed by atoms with van der Waals surface area (Å²) < 4.78 is 0. The summed E-state index contributed by atoms with van der Waals surface area (Å²) in [5, 5.41) is 2.78. The molecule has 4 nitrogen and oxygen atoms in total. The fourth-order valence-electron chi connectivity index (χ4n) is 2.50. The molecule has 0 aliphatic carbocycles. The van der Waals surface area contributed by atoms with Gasteiger partial charge >= 0.3 is 11.8 Å². The Hall–Kier alpha value is -1.84. The lowest BCUT2D eigenvalue weighted by Crippen LogP contribution is -2.44. The van der Waals surface area contributed by atoms with Gasteiger partial charge in [0.1, 0.15) is 0 Å². The van der Waals surface area contributed by atoms with Crippen LogP contribution in [0.2, 0.25) is 0 Å². The number of benzene rings is 1. The number of nitrogens with one attached hydrogen (secondary N) is 1. The number of amides is 2. The molecule has 1 saturated heterocycles. The highest BCUT2D eigenvalue weighted by Crippen LogP contribution is 2.12. The Bertz CT molecular complexity index is 451. The molecular formula is C16H22N2O2. The normalized spacial score (nSPS) is 17.1. The molecule has 20 heavy (non-hydrogen) atoms. The molecule has 0 saturated carbocycles. The Morgan fingerprint density at radius 3 is 2.25 bits per heavy atom. The standard InChI is InChI=1S/C16H22N2O2/c1-13(14-9-5-4-6-10-14)17-15(19)16(20)18-11-7-2-3-8-12-18/h4-6,9-10,13H,2-3,7-8,11-12H2,1H3,(H,17,19). The summed E-state index contributed by atoms with van der Waals surface area (Å²) in [4.78, 5) is 25.8. The summed E-state index contributed by atoms with van der Waals surface area (Å²) in [5.74, 6) is -0.891. The van der Waals surface area contributed by atoms with Crippen molar-refractivity contribution in [2.24, 2.45) is 0 Å². The molecule has 2 amide bonds. The van der Waals surface area contributed by atoms with Gasteiger partial charge in [-0.3, -0.25) is 9.59 Å². The lowest BCUT2D eigenvalue weighted by atomic mass is 10.1. The van der Waals surface area contributed by atoms with E-state index in [1.165, 1.54) is 0 Å². The maximum Gasteiger partial charge on any atom is 0.311 e. The molecule has 1 aromatic carbocycles. The van der Waals surface area contributed by atoms with E-state index >= 15 is 0 Å². The van der Waals surface area contributed by atoms with Gasteiger partial charge in [0.05, 0.1) is 6.04 Å². The molecule has 1 aromatic rings. The predicted molar refractivity (Wildman–Crippen MR) is 78.0 cm³/mol. The average Bonchev–Trinajstić information content (AvgIpc) is 2.76. The number of hydrogen-bond acceptors (Lipinski definition) is 2. The molecule has 108 valence electrons. The third-order valence-electron chi connectivity index (χ3n) is 3.73. The number of carbonyl (C=O) groups is 2. The lowest BCUT2D eigenvalue weighted by molar-refractivity contribution is -0.146. The molecule has 0 bridgehead atoms. The molecule has 0 spiro atoms. The quantitative estimate of drug-likeness (QED) is 0.841.